The molecule has 246 valence electrons. The average molecular weight is 659 g/mol. The first-order chi connectivity index (χ1) is 22.8. The quantitative estimate of drug-likeness (QED) is 0.320. The van der Waals surface area contributed by atoms with Gasteiger partial charge in [0.15, 0.2) is 5.82 Å². The van der Waals surface area contributed by atoms with Crippen molar-refractivity contribution >= 4 is 45.2 Å². The number of aliphatic carboxylic acids is 1. The predicted molar refractivity (Wildman–Crippen MR) is 173 cm³/mol. The third-order valence-electron chi connectivity index (χ3n) is 9.59. The van der Waals surface area contributed by atoms with Crippen LogP contribution in [0, 0.1) is 11.8 Å². The van der Waals surface area contributed by atoms with Gasteiger partial charge in [-0.15, -0.1) is 11.3 Å². The fraction of sp³-hybridized carbons (Fsp3) is 0.500. The van der Waals surface area contributed by atoms with E-state index in [4.69, 9.17) is 4.74 Å². The van der Waals surface area contributed by atoms with Crippen molar-refractivity contribution < 1.29 is 29.0 Å². The van der Waals surface area contributed by atoms with Gasteiger partial charge < -0.3 is 25.4 Å². The maximum Gasteiger partial charge on any atom is 0.330 e. The van der Waals surface area contributed by atoms with Gasteiger partial charge in [0.1, 0.15) is 34.3 Å². The van der Waals surface area contributed by atoms with E-state index in [1.807, 2.05) is 41.8 Å². The molecule has 5 heterocycles. The first-order valence-corrected chi connectivity index (χ1v) is 17.3. The topological polar surface area (TPSA) is 164 Å². The van der Waals surface area contributed by atoms with Crippen molar-refractivity contribution in [2.75, 3.05) is 6.54 Å². The molecule has 0 aromatic carbocycles. The molecule has 2 saturated carbocycles. The molecule has 3 amide bonds. The summed E-state index contributed by atoms with van der Waals surface area (Å²) in [6.45, 7) is 0.0733. The molecule has 2 aliphatic heterocycles. The average Bonchev–Trinajstić information content (AvgIpc) is 3.89. The Hall–Kier alpha value is -4.39. The third kappa shape index (κ3) is 6.71. The SMILES string of the molecule is O=C(CC1CC1)N[C@H]1CCCCC/C=C\[C@H]2C[C@@]2(C(=O)O)NC(=O)[C@@H]2C[C@@H](Oc3nc(-c4ccccn4)nc4sccc34)CN2C1=O. The smallest absolute Gasteiger partial charge is 0.330 e. The highest BCUT2D eigenvalue weighted by Gasteiger charge is 2.61. The second-order valence-electron chi connectivity index (χ2n) is 13.1. The molecule has 47 heavy (non-hydrogen) atoms. The van der Waals surface area contributed by atoms with Gasteiger partial charge >= 0.3 is 5.97 Å². The van der Waals surface area contributed by atoms with Crippen molar-refractivity contribution in [1.82, 2.24) is 30.5 Å². The fourth-order valence-electron chi connectivity index (χ4n) is 6.67. The molecular formula is C34H38N6O6S. The number of carbonyl (C=O) groups is 4. The zero-order valence-corrected chi connectivity index (χ0v) is 26.8. The molecule has 3 N–H and O–H groups in total. The Kier molecular flexibility index (Phi) is 8.65. The van der Waals surface area contributed by atoms with Gasteiger partial charge in [-0.1, -0.05) is 31.1 Å². The van der Waals surface area contributed by atoms with Gasteiger partial charge in [0.2, 0.25) is 23.6 Å². The molecule has 0 spiro atoms. The number of fused-ring (bicyclic) bond motifs is 3. The van der Waals surface area contributed by atoms with Crippen LogP contribution in [0.15, 0.2) is 48.0 Å². The molecule has 0 radical (unpaired) electrons. The highest BCUT2D eigenvalue weighted by atomic mass is 32.1. The summed E-state index contributed by atoms with van der Waals surface area (Å²) < 4.78 is 6.47. The molecule has 3 aromatic heterocycles. The van der Waals surface area contributed by atoms with Crippen LogP contribution in [0.1, 0.15) is 64.2 Å². The van der Waals surface area contributed by atoms with Crippen molar-refractivity contribution in [3.63, 3.8) is 0 Å². The summed E-state index contributed by atoms with van der Waals surface area (Å²) in [5, 5.41) is 18.5. The number of aromatic nitrogens is 3. The van der Waals surface area contributed by atoms with E-state index in [-0.39, 0.29) is 30.7 Å². The normalized spacial score (nSPS) is 28.7. The number of hydrogen-bond acceptors (Lipinski definition) is 9. The van der Waals surface area contributed by atoms with Crippen LogP contribution in [0.3, 0.4) is 0 Å². The highest BCUT2D eigenvalue weighted by Crippen LogP contribution is 2.45. The van der Waals surface area contributed by atoms with Crippen LogP contribution in [0.25, 0.3) is 21.7 Å². The monoisotopic (exact) mass is 658 g/mol. The molecule has 3 aromatic rings. The number of nitrogens with zero attached hydrogens (tertiary/aromatic N) is 4. The molecule has 0 unspecified atom stereocenters. The van der Waals surface area contributed by atoms with E-state index in [0.717, 1.165) is 38.5 Å². The van der Waals surface area contributed by atoms with Crippen LogP contribution in [0.5, 0.6) is 5.88 Å². The van der Waals surface area contributed by atoms with E-state index >= 15 is 0 Å². The van der Waals surface area contributed by atoms with Gasteiger partial charge in [-0.2, -0.15) is 4.98 Å². The number of carboxylic acid groups (broad SMARTS) is 1. The van der Waals surface area contributed by atoms with Crippen LogP contribution >= 0.6 is 11.3 Å². The Labute approximate surface area is 276 Å². The number of allylic oxidation sites excluding steroid dienone is 1. The fourth-order valence-corrected chi connectivity index (χ4v) is 7.42. The molecule has 0 bridgehead atoms. The number of pyridine rings is 1. The van der Waals surface area contributed by atoms with Crippen LogP contribution in [0.4, 0.5) is 0 Å². The van der Waals surface area contributed by atoms with Crippen LogP contribution in [-0.2, 0) is 19.2 Å². The van der Waals surface area contributed by atoms with Gasteiger partial charge in [-0.25, -0.2) is 9.78 Å². The Bertz CT molecular complexity index is 1710. The summed E-state index contributed by atoms with van der Waals surface area (Å²) in [5.74, 6) is -1.40. The molecule has 5 atom stereocenters. The van der Waals surface area contributed by atoms with Gasteiger partial charge in [0.25, 0.3) is 0 Å². The molecule has 12 nitrogen and oxygen atoms in total. The molecule has 1 saturated heterocycles. The molecule has 2 aliphatic carbocycles. The maximum absolute atomic E-state index is 14.3. The van der Waals surface area contributed by atoms with Crippen molar-refractivity contribution in [1.29, 1.82) is 0 Å². The Balaban J connectivity index is 1.18. The third-order valence-corrected chi connectivity index (χ3v) is 10.4. The van der Waals surface area contributed by atoms with E-state index in [0.29, 0.717) is 52.8 Å². The maximum atomic E-state index is 14.3. The van der Waals surface area contributed by atoms with Gasteiger partial charge in [-0.3, -0.25) is 19.4 Å². The van der Waals surface area contributed by atoms with E-state index in [2.05, 4.69) is 25.6 Å². The molecule has 3 fully saturated rings. The number of nitrogens with one attached hydrogen (secondary N) is 2. The van der Waals surface area contributed by atoms with E-state index in [1.165, 1.54) is 16.2 Å². The Morgan fingerprint density at radius 2 is 2.00 bits per heavy atom. The van der Waals surface area contributed by atoms with Crippen LogP contribution in [0.2, 0.25) is 0 Å². The summed E-state index contributed by atoms with van der Waals surface area (Å²) in [6, 6.07) is 5.55. The van der Waals surface area contributed by atoms with E-state index in [1.54, 1.807) is 6.20 Å². The lowest BCUT2D eigenvalue weighted by atomic mass is 10.0. The number of rotatable bonds is 7. The van der Waals surface area contributed by atoms with Crippen molar-refractivity contribution in [3.8, 4) is 17.4 Å². The molecule has 7 rings (SSSR count). The van der Waals surface area contributed by atoms with Crippen molar-refractivity contribution in [2.24, 2.45) is 11.8 Å². The molecule has 13 heteroatoms. The summed E-state index contributed by atoms with van der Waals surface area (Å²) in [7, 11) is 0. The zero-order valence-electron chi connectivity index (χ0n) is 26.0. The number of amides is 3. The first-order valence-electron chi connectivity index (χ1n) is 16.5. The zero-order chi connectivity index (χ0) is 32.5. The summed E-state index contributed by atoms with van der Waals surface area (Å²) in [5.41, 5.74) is -0.829. The van der Waals surface area contributed by atoms with Crippen molar-refractivity contribution in [3.05, 3.63) is 48.0 Å². The highest BCUT2D eigenvalue weighted by molar-refractivity contribution is 7.16. The standard InChI is InChI=1S/C34H38N6O6S/c41-27(16-20-11-12-20)36-25-10-5-3-1-2-4-8-21-18-34(21,33(44)45)39-29(42)26-17-22(19-40(26)32(25)43)46-30-23-13-15-47-31(23)38-28(37-30)24-9-6-7-14-35-24/h4,6-9,13-15,20-22,25-26H,1-3,5,10-12,16-19H2,(H,36,41)(H,39,42)(H,44,45)/b8-4-/t21-,22+,25-,26-,34+/m0/s1. The second kappa shape index (κ2) is 13.0. The minimum absolute atomic E-state index is 0.0733. The largest absolute Gasteiger partial charge is 0.479 e. The number of carbonyl (C=O) groups excluding carboxylic acids is 3. The number of hydrogen-bond donors (Lipinski definition) is 3. The van der Waals surface area contributed by atoms with Crippen LogP contribution in [-0.4, -0.2) is 78.9 Å². The minimum atomic E-state index is -1.41. The van der Waals surface area contributed by atoms with E-state index in [9.17, 15) is 24.3 Å². The van der Waals surface area contributed by atoms with Crippen molar-refractivity contribution in [2.45, 2.75) is 87.9 Å². The van der Waals surface area contributed by atoms with Gasteiger partial charge in [0, 0.05) is 25.0 Å². The van der Waals surface area contributed by atoms with Gasteiger partial charge in [-0.05, 0) is 68.0 Å². The Morgan fingerprint density at radius 1 is 1.13 bits per heavy atom. The number of carboxylic acids is 1. The lowest BCUT2D eigenvalue weighted by Crippen LogP contribution is -2.56. The summed E-state index contributed by atoms with van der Waals surface area (Å²) in [6.07, 6.45) is 11.4. The lowest BCUT2D eigenvalue weighted by molar-refractivity contribution is -0.146. The predicted octanol–water partition coefficient (Wildman–Crippen LogP) is 3.87. The minimum Gasteiger partial charge on any atom is -0.479 e. The van der Waals surface area contributed by atoms with Gasteiger partial charge in [0.05, 0.1) is 11.9 Å². The number of thiophene rings is 1. The Morgan fingerprint density at radius 3 is 2.79 bits per heavy atom. The second-order valence-corrected chi connectivity index (χ2v) is 14.0. The summed E-state index contributed by atoms with van der Waals surface area (Å²) >= 11 is 1.44. The number of ether oxygens (including phenoxy) is 1. The lowest BCUT2D eigenvalue weighted by Gasteiger charge is -2.29. The summed E-state index contributed by atoms with van der Waals surface area (Å²) in [4.78, 5) is 69.5. The van der Waals surface area contributed by atoms with E-state index < -0.39 is 35.6 Å². The van der Waals surface area contributed by atoms with Crippen LogP contribution < -0.4 is 15.4 Å². The molecule has 4 aliphatic rings. The first kappa shape index (κ1) is 31.2. The molecular weight excluding hydrogens is 620 g/mol.